The first-order valence-electron chi connectivity index (χ1n) is 9.11. The topological polar surface area (TPSA) is 25.8 Å². The number of nitrogens with two attached hydrogens (primary N) is 1. The molecule has 124 valence electrons. The molecule has 2 heteroatoms. The van der Waals surface area contributed by atoms with E-state index >= 15 is 0 Å². The second-order valence-electron chi connectivity index (χ2n) is 7.28. The Morgan fingerprint density at radius 3 is 2.73 bits per heavy atom. The van der Waals surface area contributed by atoms with Crippen molar-refractivity contribution < 1.29 is 10.1 Å². The van der Waals surface area contributed by atoms with Crippen LogP contribution in [0, 0.1) is 25.7 Å². The number of rotatable bonds is 7. The Morgan fingerprint density at radius 2 is 1.95 bits per heavy atom. The molecule has 0 radical (unpaired) electrons. The molecule has 0 amide bonds. The lowest BCUT2D eigenvalue weighted by Gasteiger charge is -2.32. The van der Waals surface area contributed by atoms with Gasteiger partial charge in [-0.25, -0.2) is 0 Å². The predicted molar refractivity (Wildman–Crippen MR) is 93.4 cm³/mol. The quantitative estimate of drug-likeness (QED) is 0.761. The smallest absolute Gasteiger partial charge is 0.122 e. The molecule has 22 heavy (non-hydrogen) atoms. The number of benzene rings is 1. The van der Waals surface area contributed by atoms with E-state index in [9.17, 15) is 0 Å². The third kappa shape index (κ3) is 5.01. The largest absolute Gasteiger partial charge is 0.493 e. The second-order valence-corrected chi connectivity index (χ2v) is 7.28. The summed E-state index contributed by atoms with van der Waals surface area (Å²) in [6, 6.07) is 7.27. The molecule has 0 saturated heterocycles. The first-order chi connectivity index (χ1) is 10.6. The van der Waals surface area contributed by atoms with E-state index < -0.39 is 0 Å². The minimum absolute atomic E-state index is 0.842. The highest BCUT2D eigenvalue weighted by Crippen LogP contribution is 2.27. The molecule has 2 rings (SSSR count). The van der Waals surface area contributed by atoms with Crippen molar-refractivity contribution in [2.45, 2.75) is 65.8 Å². The number of unbranched alkanes of at least 4 members (excludes halogenated alkanes) is 1. The average Bonchev–Trinajstić information content (AvgIpc) is 2.48. The van der Waals surface area contributed by atoms with E-state index in [2.05, 4.69) is 51.2 Å². The Hall–Kier alpha value is -1.02. The molecule has 0 unspecified atom stereocenters. The van der Waals surface area contributed by atoms with E-state index in [-0.39, 0.29) is 0 Å². The number of ether oxygens (including phenoxy) is 1. The van der Waals surface area contributed by atoms with Crippen LogP contribution in [0.4, 0.5) is 0 Å². The molecule has 1 saturated carbocycles. The molecule has 3 atom stereocenters. The first kappa shape index (κ1) is 17.3. The van der Waals surface area contributed by atoms with Crippen molar-refractivity contribution in [2.75, 3.05) is 13.2 Å². The van der Waals surface area contributed by atoms with Gasteiger partial charge in [0.1, 0.15) is 5.75 Å². The molecule has 0 bridgehead atoms. The van der Waals surface area contributed by atoms with Crippen LogP contribution in [0.1, 0.15) is 57.1 Å². The Morgan fingerprint density at radius 1 is 1.14 bits per heavy atom. The van der Waals surface area contributed by atoms with Gasteiger partial charge in [0.2, 0.25) is 0 Å². The van der Waals surface area contributed by atoms with E-state index in [0.717, 1.165) is 36.7 Å². The molecule has 1 aliphatic carbocycles. The van der Waals surface area contributed by atoms with E-state index in [0.29, 0.717) is 0 Å². The zero-order valence-corrected chi connectivity index (χ0v) is 14.9. The number of hydrogen-bond donors (Lipinski definition) is 1. The van der Waals surface area contributed by atoms with Crippen molar-refractivity contribution in [1.82, 2.24) is 0 Å². The lowest BCUT2D eigenvalue weighted by Crippen LogP contribution is -2.92. The monoisotopic (exact) mass is 304 g/mol. The Labute approximate surface area is 136 Å². The third-order valence-electron chi connectivity index (χ3n) is 5.43. The van der Waals surface area contributed by atoms with Gasteiger partial charge in [0, 0.05) is 5.92 Å². The maximum atomic E-state index is 5.91. The minimum atomic E-state index is 0.842. The maximum Gasteiger partial charge on any atom is 0.122 e. The van der Waals surface area contributed by atoms with Gasteiger partial charge in [-0.2, -0.15) is 0 Å². The first-order valence-corrected chi connectivity index (χ1v) is 9.11. The van der Waals surface area contributed by atoms with Gasteiger partial charge in [-0.15, -0.1) is 0 Å². The number of quaternary nitrogens is 1. The summed E-state index contributed by atoms with van der Waals surface area (Å²) in [6.45, 7) is 11.2. The molecular weight excluding hydrogens is 270 g/mol. The molecular formula is C20H34NO+. The number of hydrogen-bond acceptors (Lipinski definition) is 1. The predicted octanol–water partition coefficient (Wildman–Crippen LogP) is 3.85. The fourth-order valence-electron chi connectivity index (χ4n) is 3.68. The Kier molecular flexibility index (Phi) is 6.75. The molecule has 0 heterocycles. The molecule has 1 aromatic rings. The molecule has 0 spiro atoms. The van der Waals surface area contributed by atoms with E-state index in [4.69, 9.17) is 4.74 Å². The van der Waals surface area contributed by atoms with Crippen molar-refractivity contribution >= 4 is 0 Å². The summed E-state index contributed by atoms with van der Waals surface area (Å²) >= 11 is 0. The van der Waals surface area contributed by atoms with Gasteiger partial charge < -0.3 is 10.1 Å². The van der Waals surface area contributed by atoms with Crippen LogP contribution in [0.25, 0.3) is 0 Å². The SMILES string of the molecule is Cc1ccc(OCCCC[NH2+][C@H]2CCC[C@@H](C)[C@H]2C)c(C)c1. The van der Waals surface area contributed by atoms with Crippen molar-refractivity contribution in [2.24, 2.45) is 11.8 Å². The lowest BCUT2D eigenvalue weighted by molar-refractivity contribution is -0.699. The van der Waals surface area contributed by atoms with Gasteiger partial charge >= 0.3 is 0 Å². The molecule has 2 N–H and O–H groups in total. The zero-order valence-electron chi connectivity index (χ0n) is 14.9. The maximum absolute atomic E-state index is 5.91. The van der Waals surface area contributed by atoms with Crippen molar-refractivity contribution in [3.63, 3.8) is 0 Å². The number of aryl methyl sites for hydroxylation is 2. The van der Waals surface area contributed by atoms with E-state index in [1.165, 1.54) is 43.4 Å². The molecule has 1 fully saturated rings. The fourth-order valence-corrected chi connectivity index (χ4v) is 3.68. The Balaban J connectivity index is 1.59. The van der Waals surface area contributed by atoms with Gasteiger partial charge in [-0.05, 0) is 63.5 Å². The summed E-state index contributed by atoms with van der Waals surface area (Å²) in [5.74, 6) is 2.83. The normalized spacial score (nSPS) is 25.2. The highest BCUT2D eigenvalue weighted by atomic mass is 16.5. The van der Waals surface area contributed by atoms with E-state index in [1.54, 1.807) is 0 Å². The van der Waals surface area contributed by atoms with Gasteiger partial charge in [-0.3, -0.25) is 0 Å². The van der Waals surface area contributed by atoms with Crippen LogP contribution in [0.2, 0.25) is 0 Å². The van der Waals surface area contributed by atoms with Crippen LogP contribution in [0.3, 0.4) is 0 Å². The summed E-state index contributed by atoms with van der Waals surface area (Å²) in [7, 11) is 0. The van der Waals surface area contributed by atoms with E-state index in [1.807, 2.05) is 0 Å². The molecule has 1 aliphatic rings. The summed E-state index contributed by atoms with van der Waals surface area (Å²) < 4.78 is 5.91. The summed E-state index contributed by atoms with van der Waals surface area (Å²) in [5.41, 5.74) is 2.55. The summed E-state index contributed by atoms with van der Waals surface area (Å²) in [5, 5.41) is 2.59. The van der Waals surface area contributed by atoms with Crippen LogP contribution in [0.5, 0.6) is 5.75 Å². The van der Waals surface area contributed by atoms with Crippen molar-refractivity contribution in [3.05, 3.63) is 29.3 Å². The standard InChI is InChI=1S/C20H33NO/c1-15-10-11-20(17(3)14-15)22-13-6-5-12-21-19-9-7-8-16(2)18(19)4/h10-11,14,16,18-19,21H,5-9,12-13H2,1-4H3/p+1/t16-,18-,19+/m1/s1. The molecule has 0 aromatic heterocycles. The van der Waals surface area contributed by atoms with Crippen molar-refractivity contribution in [3.8, 4) is 5.75 Å². The van der Waals surface area contributed by atoms with Crippen LogP contribution >= 0.6 is 0 Å². The second kappa shape index (κ2) is 8.57. The zero-order chi connectivity index (χ0) is 15.9. The van der Waals surface area contributed by atoms with Gasteiger partial charge in [-0.1, -0.05) is 31.5 Å². The lowest BCUT2D eigenvalue weighted by atomic mass is 9.78. The van der Waals surface area contributed by atoms with Crippen LogP contribution in [-0.4, -0.2) is 19.2 Å². The Bertz CT molecular complexity index is 457. The molecule has 2 nitrogen and oxygen atoms in total. The summed E-state index contributed by atoms with van der Waals surface area (Å²) in [4.78, 5) is 0. The minimum Gasteiger partial charge on any atom is -0.493 e. The van der Waals surface area contributed by atoms with Crippen molar-refractivity contribution in [1.29, 1.82) is 0 Å². The summed E-state index contributed by atoms with van der Waals surface area (Å²) in [6.07, 6.45) is 6.66. The molecule has 0 aliphatic heterocycles. The molecule has 1 aromatic carbocycles. The van der Waals surface area contributed by atoms with Crippen LogP contribution in [0.15, 0.2) is 18.2 Å². The third-order valence-corrected chi connectivity index (χ3v) is 5.43. The van der Waals surface area contributed by atoms with Crippen LogP contribution < -0.4 is 10.1 Å². The average molecular weight is 304 g/mol. The van der Waals surface area contributed by atoms with Gasteiger partial charge in [0.25, 0.3) is 0 Å². The van der Waals surface area contributed by atoms with Crippen LogP contribution in [-0.2, 0) is 0 Å². The van der Waals surface area contributed by atoms with Gasteiger partial charge in [0.05, 0.1) is 19.2 Å². The highest BCUT2D eigenvalue weighted by Gasteiger charge is 2.29. The van der Waals surface area contributed by atoms with Gasteiger partial charge in [0.15, 0.2) is 0 Å². The fraction of sp³-hybridized carbons (Fsp3) is 0.700. The highest BCUT2D eigenvalue weighted by molar-refractivity contribution is 5.35.